The van der Waals surface area contributed by atoms with E-state index in [1.54, 1.807) is 19.1 Å². The number of amides is 1. The summed E-state index contributed by atoms with van der Waals surface area (Å²) in [4.78, 5) is 22.8. The lowest BCUT2D eigenvalue weighted by Gasteiger charge is -2.10. The first-order valence-corrected chi connectivity index (χ1v) is 6.54. The summed E-state index contributed by atoms with van der Waals surface area (Å²) in [5.41, 5.74) is 0.566. The molecule has 0 radical (unpaired) electrons. The van der Waals surface area contributed by atoms with Gasteiger partial charge in [-0.1, -0.05) is 19.1 Å². The molecule has 2 N–H and O–H groups in total. The fourth-order valence-electron chi connectivity index (χ4n) is 1.71. The summed E-state index contributed by atoms with van der Waals surface area (Å²) in [5, 5.41) is 12.1. The fraction of sp³-hybridized carbons (Fsp3) is 0.231. The van der Waals surface area contributed by atoms with Crippen molar-refractivity contribution in [2.45, 2.75) is 19.4 Å². The van der Waals surface area contributed by atoms with Gasteiger partial charge in [0.05, 0.1) is 4.47 Å². The number of carboxylic acids is 1. The standard InChI is InChI=1S/C13H12BrNO4/c1-2-9(13(17)18)15-12(16)10-6-7-4-3-5-8(14)11(7)19-10/h3-6,9H,2H2,1H3,(H,15,16)(H,17,18). The molecule has 5 nitrogen and oxygen atoms in total. The third kappa shape index (κ3) is 2.78. The van der Waals surface area contributed by atoms with E-state index in [1.807, 2.05) is 12.1 Å². The maximum Gasteiger partial charge on any atom is 0.326 e. The van der Waals surface area contributed by atoms with E-state index in [9.17, 15) is 9.59 Å². The second-order valence-corrected chi connectivity index (χ2v) is 4.90. The number of carboxylic acid groups (broad SMARTS) is 1. The van der Waals surface area contributed by atoms with Crippen molar-refractivity contribution in [3.05, 3.63) is 34.5 Å². The number of nitrogens with one attached hydrogen (secondary N) is 1. The lowest BCUT2D eigenvalue weighted by Crippen LogP contribution is -2.40. The summed E-state index contributed by atoms with van der Waals surface area (Å²) in [5.74, 6) is -1.49. The van der Waals surface area contributed by atoms with E-state index in [4.69, 9.17) is 9.52 Å². The van der Waals surface area contributed by atoms with E-state index in [0.29, 0.717) is 12.0 Å². The van der Waals surface area contributed by atoms with Gasteiger partial charge in [-0.15, -0.1) is 0 Å². The minimum absolute atomic E-state index is 0.0987. The van der Waals surface area contributed by atoms with Crippen LogP contribution in [-0.4, -0.2) is 23.0 Å². The van der Waals surface area contributed by atoms with Gasteiger partial charge in [-0.3, -0.25) is 4.79 Å². The minimum atomic E-state index is -1.06. The fourth-order valence-corrected chi connectivity index (χ4v) is 2.17. The molecule has 1 aromatic heterocycles. The average molecular weight is 326 g/mol. The quantitative estimate of drug-likeness (QED) is 0.905. The van der Waals surface area contributed by atoms with E-state index >= 15 is 0 Å². The van der Waals surface area contributed by atoms with Crippen LogP contribution in [0.4, 0.5) is 0 Å². The minimum Gasteiger partial charge on any atom is -0.480 e. The van der Waals surface area contributed by atoms with Gasteiger partial charge < -0.3 is 14.8 Å². The van der Waals surface area contributed by atoms with Crippen molar-refractivity contribution in [1.29, 1.82) is 0 Å². The number of benzene rings is 1. The Kier molecular flexibility index (Phi) is 3.90. The number of carbonyl (C=O) groups is 2. The number of para-hydroxylation sites is 1. The maximum absolute atomic E-state index is 11.9. The molecule has 0 saturated heterocycles. The van der Waals surface area contributed by atoms with E-state index in [0.717, 1.165) is 9.86 Å². The first-order valence-electron chi connectivity index (χ1n) is 5.74. The highest BCUT2D eigenvalue weighted by molar-refractivity contribution is 9.10. The van der Waals surface area contributed by atoms with E-state index < -0.39 is 17.9 Å². The Morgan fingerprint density at radius 3 is 2.79 bits per heavy atom. The molecule has 100 valence electrons. The Morgan fingerprint density at radius 1 is 1.47 bits per heavy atom. The van der Waals surface area contributed by atoms with Crippen molar-refractivity contribution >= 4 is 38.8 Å². The summed E-state index contributed by atoms with van der Waals surface area (Å²) in [6, 6.07) is 6.12. The molecule has 1 amide bonds. The Balaban J connectivity index is 2.27. The number of carbonyl (C=O) groups excluding carboxylic acids is 1. The van der Waals surface area contributed by atoms with Crippen molar-refractivity contribution < 1.29 is 19.1 Å². The van der Waals surface area contributed by atoms with Gasteiger partial charge in [0.1, 0.15) is 11.6 Å². The van der Waals surface area contributed by atoms with Crippen LogP contribution in [0.1, 0.15) is 23.9 Å². The SMILES string of the molecule is CCC(NC(=O)c1cc2cccc(Br)c2o1)C(=O)O. The molecular formula is C13H12BrNO4. The molecule has 0 saturated carbocycles. The second kappa shape index (κ2) is 5.44. The largest absolute Gasteiger partial charge is 0.480 e. The van der Waals surface area contributed by atoms with Crippen molar-refractivity contribution in [2.75, 3.05) is 0 Å². The molecule has 2 rings (SSSR count). The molecule has 2 aromatic rings. The summed E-state index contributed by atoms with van der Waals surface area (Å²) in [7, 11) is 0. The zero-order valence-electron chi connectivity index (χ0n) is 10.1. The molecule has 1 unspecified atom stereocenters. The van der Waals surface area contributed by atoms with Gasteiger partial charge in [0.15, 0.2) is 5.76 Å². The van der Waals surface area contributed by atoms with Gasteiger partial charge in [0.25, 0.3) is 5.91 Å². The monoisotopic (exact) mass is 325 g/mol. The highest BCUT2D eigenvalue weighted by Crippen LogP contribution is 2.26. The molecule has 1 heterocycles. The molecule has 1 atom stereocenters. The van der Waals surface area contributed by atoms with E-state index in [2.05, 4.69) is 21.2 Å². The van der Waals surface area contributed by atoms with Crippen LogP contribution in [0.15, 0.2) is 33.2 Å². The number of aliphatic carboxylic acids is 1. The summed E-state index contributed by atoms with van der Waals surface area (Å²) < 4.78 is 6.18. The third-order valence-electron chi connectivity index (χ3n) is 2.73. The molecule has 0 fully saturated rings. The van der Waals surface area contributed by atoms with Crippen molar-refractivity contribution in [2.24, 2.45) is 0 Å². The Labute approximate surface area is 117 Å². The topological polar surface area (TPSA) is 79.5 Å². The third-order valence-corrected chi connectivity index (χ3v) is 3.36. The van der Waals surface area contributed by atoms with Crippen LogP contribution in [0.3, 0.4) is 0 Å². The molecule has 0 aliphatic carbocycles. The Morgan fingerprint density at radius 2 is 2.21 bits per heavy atom. The molecular weight excluding hydrogens is 314 g/mol. The van der Waals surface area contributed by atoms with Crippen molar-refractivity contribution in [3.8, 4) is 0 Å². The van der Waals surface area contributed by atoms with Crippen molar-refractivity contribution in [3.63, 3.8) is 0 Å². The van der Waals surface area contributed by atoms with Crippen LogP contribution in [0, 0.1) is 0 Å². The van der Waals surface area contributed by atoms with Crippen LogP contribution >= 0.6 is 15.9 Å². The average Bonchev–Trinajstić information content (AvgIpc) is 2.80. The summed E-state index contributed by atoms with van der Waals surface area (Å²) in [6.07, 6.45) is 0.311. The lowest BCUT2D eigenvalue weighted by molar-refractivity contribution is -0.139. The number of rotatable bonds is 4. The molecule has 1 aromatic carbocycles. The maximum atomic E-state index is 11.9. The van der Waals surface area contributed by atoms with Gasteiger partial charge in [0, 0.05) is 5.39 Å². The number of furan rings is 1. The Bertz CT molecular complexity index is 635. The number of halogens is 1. The number of hydrogen-bond acceptors (Lipinski definition) is 3. The van der Waals surface area contributed by atoms with Crippen LogP contribution in [-0.2, 0) is 4.79 Å². The smallest absolute Gasteiger partial charge is 0.326 e. The highest BCUT2D eigenvalue weighted by Gasteiger charge is 2.21. The first-order chi connectivity index (χ1) is 9.02. The molecule has 6 heteroatoms. The number of fused-ring (bicyclic) bond motifs is 1. The molecule has 19 heavy (non-hydrogen) atoms. The normalized spacial score (nSPS) is 12.3. The van der Waals surface area contributed by atoms with Crippen molar-refractivity contribution in [1.82, 2.24) is 5.32 Å². The number of hydrogen-bond donors (Lipinski definition) is 2. The van der Waals surface area contributed by atoms with Gasteiger partial charge in [-0.2, -0.15) is 0 Å². The summed E-state index contributed by atoms with van der Waals surface area (Å²) >= 11 is 3.33. The molecule has 0 aliphatic rings. The van der Waals surface area contributed by atoms with Crippen LogP contribution in [0.2, 0.25) is 0 Å². The zero-order chi connectivity index (χ0) is 14.0. The second-order valence-electron chi connectivity index (χ2n) is 4.04. The van der Waals surface area contributed by atoms with Crippen LogP contribution < -0.4 is 5.32 Å². The highest BCUT2D eigenvalue weighted by atomic mass is 79.9. The first kappa shape index (κ1) is 13.6. The predicted molar refractivity (Wildman–Crippen MR) is 73.1 cm³/mol. The zero-order valence-corrected chi connectivity index (χ0v) is 11.7. The van der Waals surface area contributed by atoms with Crippen LogP contribution in [0.5, 0.6) is 0 Å². The lowest BCUT2D eigenvalue weighted by atomic mass is 10.2. The van der Waals surface area contributed by atoms with E-state index in [-0.39, 0.29) is 5.76 Å². The predicted octanol–water partition coefficient (Wildman–Crippen LogP) is 2.79. The molecule has 0 bridgehead atoms. The van der Waals surface area contributed by atoms with Gasteiger partial charge in [0.2, 0.25) is 0 Å². The molecule has 0 aliphatic heterocycles. The van der Waals surface area contributed by atoms with Gasteiger partial charge >= 0.3 is 5.97 Å². The van der Waals surface area contributed by atoms with Crippen LogP contribution in [0.25, 0.3) is 11.0 Å². The van der Waals surface area contributed by atoms with Gasteiger partial charge in [-0.25, -0.2) is 4.79 Å². The van der Waals surface area contributed by atoms with Gasteiger partial charge in [-0.05, 0) is 34.5 Å². The summed E-state index contributed by atoms with van der Waals surface area (Å²) in [6.45, 7) is 1.69. The Hall–Kier alpha value is -1.82. The van der Waals surface area contributed by atoms with E-state index in [1.165, 1.54) is 0 Å². The molecule has 0 spiro atoms.